The van der Waals surface area contributed by atoms with Crippen LogP contribution in [0.25, 0.3) is 0 Å². The first kappa shape index (κ1) is 5.25. The zero-order chi connectivity index (χ0) is 6.32. The number of nitrogens with zero attached hydrogens (tertiary/aromatic N) is 1. The Morgan fingerprint density at radius 3 is 2.78 bits per heavy atom. The molecule has 2 heteroatoms. The molecule has 1 atom stereocenters. The maximum Gasteiger partial charge on any atom is 0.0675 e. The molecule has 9 heavy (non-hydrogen) atoms. The van der Waals surface area contributed by atoms with E-state index in [1.165, 1.54) is 12.8 Å². The number of hydrogen-bond donors (Lipinski definition) is 1. The molecule has 48 valence electrons. The van der Waals surface area contributed by atoms with Crippen LogP contribution in [0, 0.1) is 17.2 Å². The van der Waals surface area contributed by atoms with Gasteiger partial charge in [0.1, 0.15) is 0 Å². The van der Waals surface area contributed by atoms with Crippen LogP contribution in [-0.2, 0) is 0 Å². The summed E-state index contributed by atoms with van der Waals surface area (Å²) in [6.45, 7) is 1.05. The van der Waals surface area contributed by atoms with Crippen LogP contribution in [0.5, 0.6) is 0 Å². The van der Waals surface area contributed by atoms with Crippen LogP contribution in [0.3, 0.4) is 0 Å². The van der Waals surface area contributed by atoms with Gasteiger partial charge in [-0.1, -0.05) is 0 Å². The van der Waals surface area contributed by atoms with Gasteiger partial charge >= 0.3 is 0 Å². The minimum Gasteiger partial charge on any atom is -0.310 e. The Morgan fingerprint density at radius 1 is 1.56 bits per heavy atom. The van der Waals surface area contributed by atoms with E-state index in [2.05, 4.69) is 11.4 Å². The van der Waals surface area contributed by atoms with Crippen molar-refractivity contribution >= 4 is 0 Å². The molecule has 2 aliphatic rings. The largest absolute Gasteiger partial charge is 0.310 e. The van der Waals surface area contributed by atoms with Gasteiger partial charge in [-0.05, 0) is 25.8 Å². The fraction of sp³-hybridized carbons (Fsp3) is 0.857. The minimum atomic E-state index is 0.300. The van der Waals surface area contributed by atoms with Gasteiger partial charge in [-0.3, -0.25) is 0 Å². The van der Waals surface area contributed by atoms with Crippen LogP contribution in [0.4, 0.5) is 0 Å². The van der Waals surface area contributed by atoms with Crippen molar-refractivity contribution in [2.24, 2.45) is 5.92 Å². The summed E-state index contributed by atoms with van der Waals surface area (Å²) in [7, 11) is 0. The molecule has 0 bridgehead atoms. The van der Waals surface area contributed by atoms with Crippen LogP contribution in [0.15, 0.2) is 0 Å². The zero-order valence-electron chi connectivity index (χ0n) is 5.35. The van der Waals surface area contributed by atoms with E-state index in [0.717, 1.165) is 13.0 Å². The summed E-state index contributed by atoms with van der Waals surface area (Å²) < 4.78 is 0. The van der Waals surface area contributed by atoms with E-state index in [1.54, 1.807) is 0 Å². The van der Waals surface area contributed by atoms with Crippen molar-refractivity contribution in [3.63, 3.8) is 0 Å². The number of nitriles is 1. The number of nitrogens with one attached hydrogen (secondary N) is 1. The monoisotopic (exact) mass is 122 g/mol. The van der Waals surface area contributed by atoms with Gasteiger partial charge < -0.3 is 5.32 Å². The van der Waals surface area contributed by atoms with Gasteiger partial charge in [0.15, 0.2) is 0 Å². The van der Waals surface area contributed by atoms with E-state index in [9.17, 15) is 0 Å². The Morgan fingerprint density at radius 2 is 2.33 bits per heavy atom. The van der Waals surface area contributed by atoms with Gasteiger partial charge in [0.2, 0.25) is 0 Å². The van der Waals surface area contributed by atoms with Crippen molar-refractivity contribution in [2.75, 3.05) is 6.54 Å². The zero-order valence-corrected chi connectivity index (χ0v) is 5.35. The highest BCUT2D eigenvalue weighted by Gasteiger charge is 2.52. The molecule has 1 spiro atoms. The molecule has 0 aromatic heterocycles. The summed E-state index contributed by atoms with van der Waals surface area (Å²) in [6, 6.07) is 2.35. The molecule has 0 radical (unpaired) electrons. The van der Waals surface area contributed by atoms with Crippen molar-refractivity contribution in [2.45, 2.75) is 24.8 Å². The van der Waals surface area contributed by atoms with Gasteiger partial charge in [0.25, 0.3) is 0 Å². The van der Waals surface area contributed by atoms with E-state index < -0.39 is 0 Å². The second-order valence-corrected chi connectivity index (χ2v) is 3.05. The van der Waals surface area contributed by atoms with E-state index in [-0.39, 0.29) is 0 Å². The first-order valence-electron chi connectivity index (χ1n) is 3.52. The molecule has 1 saturated heterocycles. The molecule has 0 amide bonds. The number of rotatable bonds is 0. The highest BCUT2D eigenvalue weighted by atomic mass is 15.1. The smallest absolute Gasteiger partial charge is 0.0675 e. The van der Waals surface area contributed by atoms with Crippen LogP contribution >= 0.6 is 0 Å². The summed E-state index contributed by atoms with van der Waals surface area (Å²) in [5, 5.41) is 12.0. The van der Waals surface area contributed by atoms with E-state index >= 15 is 0 Å². The second kappa shape index (κ2) is 1.48. The quantitative estimate of drug-likeness (QED) is 0.512. The molecule has 0 aromatic rings. The van der Waals surface area contributed by atoms with Crippen LogP contribution in [0.2, 0.25) is 0 Å². The first-order chi connectivity index (χ1) is 4.37. The number of hydrogen-bond acceptors (Lipinski definition) is 2. The highest BCUT2D eigenvalue weighted by molar-refractivity contribution is 5.16. The standard InChI is InChI=1S/C7H10N2/c8-5-6-1-4-9-7(6)2-3-7/h6,9H,1-4H2. The predicted octanol–water partition coefficient (Wildman–Crippen LogP) is 0.652. The molecular weight excluding hydrogens is 112 g/mol. The van der Waals surface area contributed by atoms with Crippen molar-refractivity contribution < 1.29 is 0 Å². The molecule has 1 N–H and O–H groups in total. The maximum atomic E-state index is 8.65. The minimum absolute atomic E-state index is 0.300. The van der Waals surface area contributed by atoms with Crippen LogP contribution in [0.1, 0.15) is 19.3 Å². The highest BCUT2D eigenvalue weighted by Crippen LogP contribution is 2.46. The Hall–Kier alpha value is -0.550. The maximum absolute atomic E-state index is 8.65. The first-order valence-corrected chi connectivity index (χ1v) is 3.52. The average molecular weight is 122 g/mol. The Balaban J connectivity index is 2.16. The second-order valence-electron chi connectivity index (χ2n) is 3.05. The topological polar surface area (TPSA) is 35.8 Å². The SMILES string of the molecule is N#CC1CCNC12CC2. The summed E-state index contributed by atoms with van der Waals surface area (Å²) in [5.74, 6) is 0.317. The summed E-state index contributed by atoms with van der Waals surface area (Å²) in [5.41, 5.74) is 0.300. The molecule has 1 aliphatic heterocycles. The lowest BCUT2D eigenvalue weighted by Crippen LogP contribution is -2.27. The van der Waals surface area contributed by atoms with Crippen LogP contribution in [-0.4, -0.2) is 12.1 Å². The molecule has 1 unspecified atom stereocenters. The third-order valence-electron chi connectivity index (χ3n) is 2.52. The van der Waals surface area contributed by atoms with E-state index in [0.29, 0.717) is 11.5 Å². The molecule has 1 aliphatic carbocycles. The fourth-order valence-corrected chi connectivity index (χ4v) is 1.71. The van der Waals surface area contributed by atoms with Gasteiger partial charge in [0, 0.05) is 5.54 Å². The summed E-state index contributed by atoms with van der Waals surface area (Å²) in [6.07, 6.45) is 3.52. The van der Waals surface area contributed by atoms with Crippen molar-refractivity contribution in [1.29, 1.82) is 5.26 Å². The molecule has 2 nitrogen and oxygen atoms in total. The molecule has 1 saturated carbocycles. The van der Waals surface area contributed by atoms with Crippen molar-refractivity contribution in [3.05, 3.63) is 0 Å². The Kier molecular flexibility index (Phi) is 0.866. The van der Waals surface area contributed by atoms with Crippen molar-refractivity contribution in [3.8, 4) is 6.07 Å². The Bertz CT molecular complexity index is 164. The van der Waals surface area contributed by atoms with Gasteiger partial charge in [-0.15, -0.1) is 0 Å². The Labute approximate surface area is 54.9 Å². The van der Waals surface area contributed by atoms with E-state index in [1.807, 2.05) is 0 Å². The molecule has 0 aromatic carbocycles. The molecule has 2 rings (SSSR count). The van der Waals surface area contributed by atoms with E-state index in [4.69, 9.17) is 5.26 Å². The normalized spacial score (nSPS) is 36.6. The summed E-state index contributed by atoms with van der Waals surface area (Å²) in [4.78, 5) is 0. The van der Waals surface area contributed by atoms with Gasteiger partial charge in [0.05, 0.1) is 12.0 Å². The fourth-order valence-electron chi connectivity index (χ4n) is 1.71. The third-order valence-corrected chi connectivity index (χ3v) is 2.52. The van der Waals surface area contributed by atoms with Crippen molar-refractivity contribution in [1.82, 2.24) is 5.32 Å². The lowest BCUT2D eigenvalue weighted by molar-refractivity contribution is 0.518. The molecular formula is C7H10N2. The predicted molar refractivity (Wildman–Crippen MR) is 33.7 cm³/mol. The summed E-state index contributed by atoms with van der Waals surface area (Å²) >= 11 is 0. The lowest BCUT2D eigenvalue weighted by Gasteiger charge is -2.08. The average Bonchev–Trinajstić information content (AvgIpc) is 2.45. The lowest BCUT2D eigenvalue weighted by atomic mass is 10.0. The molecule has 2 fully saturated rings. The van der Waals surface area contributed by atoms with Gasteiger partial charge in [-0.2, -0.15) is 5.26 Å². The van der Waals surface area contributed by atoms with Gasteiger partial charge in [-0.25, -0.2) is 0 Å². The third kappa shape index (κ3) is 0.585. The van der Waals surface area contributed by atoms with Crippen LogP contribution < -0.4 is 5.32 Å². The molecule has 1 heterocycles.